The maximum Gasteiger partial charge on any atom is 0.269 e. The predicted molar refractivity (Wildman–Crippen MR) is 79.4 cm³/mol. The minimum atomic E-state index is -0.482. The molecule has 1 heterocycles. The summed E-state index contributed by atoms with van der Waals surface area (Å²) in [5, 5.41) is 20.7. The first-order chi connectivity index (χ1) is 9.92. The van der Waals surface area contributed by atoms with E-state index < -0.39 is 4.92 Å². The molecule has 21 heavy (non-hydrogen) atoms. The molecule has 2 aromatic rings. The monoisotopic (exact) mass is 305 g/mol. The fourth-order valence-electron chi connectivity index (χ4n) is 1.79. The van der Waals surface area contributed by atoms with Crippen molar-refractivity contribution in [3.05, 3.63) is 50.8 Å². The third-order valence-electron chi connectivity index (χ3n) is 3.24. The number of rotatable bonds is 4. The molecule has 0 unspecified atom stereocenters. The van der Waals surface area contributed by atoms with Crippen molar-refractivity contribution in [2.24, 2.45) is 0 Å². The van der Waals surface area contributed by atoms with Crippen LogP contribution in [0, 0.1) is 30.9 Å². The van der Waals surface area contributed by atoms with Crippen molar-refractivity contribution >= 4 is 17.4 Å². The van der Waals surface area contributed by atoms with Gasteiger partial charge in [0.05, 0.1) is 11.5 Å². The van der Waals surface area contributed by atoms with Crippen LogP contribution in [0.25, 0.3) is 0 Å². The van der Waals surface area contributed by atoms with E-state index in [1.165, 1.54) is 23.9 Å². The largest absolute Gasteiger partial charge is 0.392 e. The Hall–Kier alpha value is -1.99. The van der Waals surface area contributed by atoms with Crippen LogP contribution >= 0.6 is 11.8 Å². The number of benzene rings is 1. The average molecular weight is 305 g/mol. The molecule has 110 valence electrons. The van der Waals surface area contributed by atoms with Gasteiger partial charge in [-0.05, 0) is 49.7 Å². The zero-order valence-corrected chi connectivity index (χ0v) is 12.8. The first-order valence-electron chi connectivity index (χ1n) is 6.30. The molecule has 2 rings (SSSR count). The highest BCUT2D eigenvalue weighted by molar-refractivity contribution is 7.99. The Kier molecular flexibility index (Phi) is 4.54. The van der Waals surface area contributed by atoms with Crippen LogP contribution in [0.15, 0.2) is 28.3 Å². The second kappa shape index (κ2) is 6.19. The van der Waals surface area contributed by atoms with Crippen LogP contribution in [-0.2, 0) is 6.61 Å². The topological polar surface area (TPSA) is 89.2 Å². The van der Waals surface area contributed by atoms with Crippen molar-refractivity contribution in [2.45, 2.75) is 37.4 Å². The van der Waals surface area contributed by atoms with E-state index >= 15 is 0 Å². The molecule has 0 spiro atoms. The lowest BCUT2D eigenvalue weighted by atomic mass is 10.2. The van der Waals surface area contributed by atoms with Gasteiger partial charge in [0, 0.05) is 28.4 Å². The van der Waals surface area contributed by atoms with Crippen LogP contribution in [0.2, 0.25) is 0 Å². The molecule has 0 fully saturated rings. The minimum absolute atomic E-state index is 0.0411. The van der Waals surface area contributed by atoms with Gasteiger partial charge in [-0.2, -0.15) is 0 Å². The number of non-ortho nitro benzene ring substituents is 1. The van der Waals surface area contributed by atoms with Crippen LogP contribution in [0.3, 0.4) is 0 Å². The standard InChI is InChI=1S/C14H15N3O3S/c1-8-9(2)15-14(16-10(8)3)21-13-5-4-12(17(19)20)6-11(13)7-18/h4-6,18H,7H2,1-3H3. The molecular weight excluding hydrogens is 290 g/mol. The summed E-state index contributed by atoms with van der Waals surface area (Å²) >= 11 is 1.29. The molecule has 0 radical (unpaired) electrons. The predicted octanol–water partition coefficient (Wildman–Crippen LogP) is 2.95. The highest BCUT2D eigenvalue weighted by Crippen LogP contribution is 2.31. The van der Waals surface area contributed by atoms with Gasteiger partial charge in [-0.3, -0.25) is 10.1 Å². The van der Waals surface area contributed by atoms with E-state index in [-0.39, 0.29) is 12.3 Å². The third-order valence-corrected chi connectivity index (χ3v) is 4.22. The Morgan fingerprint density at radius 1 is 1.24 bits per heavy atom. The van der Waals surface area contributed by atoms with Gasteiger partial charge >= 0.3 is 0 Å². The molecule has 0 bridgehead atoms. The van der Waals surface area contributed by atoms with Gasteiger partial charge in [0.2, 0.25) is 0 Å². The van der Waals surface area contributed by atoms with Crippen LogP contribution in [-0.4, -0.2) is 20.0 Å². The summed E-state index contributed by atoms with van der Waals surface area (Å²) in [5.74, 6) is 0. The first-order valence-corrected chi connectivity index (χ1v) is 7.12. The molecule has 1 N–H and O–H groups in total. The number of aromatic nitrogens is 2. The molecule has 0 saturated heterocycles. The molecule has 7 heteroatoms. The van der Waals surface area contributed by atoms with Gasteiger partial charge in [0.1, 0.15) is 0 Å². The molecule has 6 nitrogen and oxygen atoms in total. The van der Waals surface area contributed by atoms with E-state index in [1.807, 2.05) is 20.8 Å². The maximum absolute atomic E-state index is 10.8. The minimum Gasteiger partial charge on any atom is -0.392 e. The number of aliphatic hydroxyl groups is 1. The number of nitro benzene ring substituents is 1. The van der Waals surface area contributed by atoms with Gasteiger partial charge in [0.25, 0.3) is 5.69 Å². The molecule has 0 amide bonds. The van der Waals surface area contributed by atoms with Crippen molar-refractivity contribution in [1.29, 1.82) is 0 Å². The number of hydrogen-bond donors (Lipinski definition) is 1. The molecule has 1 aromatic carbocycles. The van der Waals surface area contributed by atoms with Gasteiger partial charge in [0.15, 0.2) is 5.16 Å². The van der Waals surface area contributed by atoms with Crippen molar-refractivity contribution in [3.8, 4) is 0 Å². The Morgan fingerprint density at radius 3 is 2.38 bits per heavy atom. The van der Waals surface area contributed by atoms with Crippen molar-refractivity contribution in [3.63, 3.8) is 0 Å². The summed E-state index contributed by atoms with van der Waals surface area (Å²) in [6.07, 6.45) is 0. The van der Waals surface area contributed by atoms with Crippen LogP contribution in [0.1, 0.15) is 22.5 Å². The Balaban J connectivity index is 2.37. The average Bonchev–Trinajstić information content (AvgIpc) is 2.44. The number of nitrogens with zero attached hydrogens (tertiary/aromatic N) is 3. The molecule has 0 aliphatic carbocycles. The number of nitro groups is 1. The van der Waals surface area contributed by atoms with Gasteiger partial charge in [-0.25, -0.2) is 9.97 Å². The van der Waals surface area contributed by atoms with E-state index in [1.54, 1.807) is 6.07 Å². The summed E-state index contributed by atoms with van der Waals surface area (Å²) in [4.78, 5) is 19.8. The summed E-state index contributed by atoms with van der Waals surface area (Å²) in [6.45, 7) is 5.52. The fraction of sp³-hybridized carbons (Fsp3) is 0.286. The lowest BCUT2D eigenvalue weighted by Gasteiger charge is -2.09. The van der Waals surface area contributed by atoms with Crippen molar-refractivity contribution in [1.82, 2.24) is 9.97 Å². The third kappa shape index (κ3) is 3.37. The zero-order valence-electron chi connectivity index (χ0n) is 12.0. The van der Waals surface area contributed by atoms with Crippen molar-refractivity contribution in [2.75, 3.05) is 0 Å². The number of aliphatic hydroxyl groups excluding tert-OH is 1. The quantitative estimate of drug-likeness (QED) is 0.530. The normalized spacial score (nSPS) is 10.7. The Labute approximate surface area is 126 Å². The summed E-state index contributed by atoms with van der Waals surface area (Å²) in [6, 6.07) is 4.40. The highest BCUT2D eigenvalue weighted by atomic mass is 32.2. The second-order valence-corrected chi connectivity index (χ2v) is 5.62. The molecule has 0 atom stereocenters. The van der Waals surface area contributed by atoms with Crippen molar-refractivity contribution < 1.29 is 10.0 Å². The fourth-order valence-corrected chi connectivity index (χ4v) is 2.74. The molecular formula is C14H15N3O3S. The molecule has 1 aromatic heterocycles. The first kappa shape index (κ1) is 15.4. The van der Waals surface area contributed by atoms with Crippen LogP contribution < -0.4 is 0 Å². The zero-order chi connectivity index (χ0) is 15.6. The molecule has 0 aliphatic heterocycles. The van der Waals surface area contributed by atoms with E-state index in [2.05, 4.69) is 9.97 Å². The smallest absolute Gasteiger partial charge is 0.269 e. The van der Waals surface area contributed by atoms with Gasteiger partial charge in [-0.15, -0.1) is 0 Å². The molecule has 0 saturated carbocycles. The van der Waals surface area contributed by atoms with Crippen LogP contribution in [0.4, 0.5) is 5.69 Å². The van der Waals surface area contributed by atoms with E-state index in [4.69, 9.17) is 0 Å². The number of aryl methyl sites for hydroxylation is 2. The van der Waals surface area contributed by atoms with Crippen LogP contribution in [0.5, 0.6) is 0 Å². The van der Waals surface area contributed by atoms with Gasteiger partial charge < -0.3 is 5.11 Å². The Morgan fingerprint density at radius 2 is 1.86 bits per heavy atom. The second-order valence-electron chi connectivity index (χ2n) is 4.61. The lowest BCUT2D eigenvalue weighted by molar-refractivity contribution is -0.385. The summed E-state index contributed by atoms with van der Waals surface area (Å²) < 4.78 is 0. The summed E-state index contributed by atoms with van der Waals surface area (Å²) in [5.41, 5.74) is 3.30. The van der Waals surface area contributed by atoms with E-state index in [0.29, 0.717) is 15.6 Å². The SMILES string of the molecule is Cc1nc(Sc2ccc([N+](=O)[O-])cc2CO)nc(C)c1C. The maximum atomic E-state index is 10.8. The lowest BCUT2D eigenvalue weighted by Crippen LogP contribution is -1.99. The van der Waals surface area contributed by atoms with E-state index in [9.17, 15) is 15.2 Å². The van der Waals surface area contributed by atoms with Gasteiger partial charge in [-0.1, -0.05) is 0 Å². The number of hydrogen-bond acceptors (Lipinski definition) is 6. The van der Waals surface area contributed by atoms with E-state index in [0.717, 1.165) is 17.0 Å². The highest BCUT2D eigenvalue weighted by Gasteiger charge is 2.13. The summed E-state index contributed by atoms with van der Waals surface area (Å²) in [7, 11) is 0. The molecule has 0 aliphatic rings. The Bertz CT molecular complexity index is 681.